The van der Waals surface area contributed by atoms with E-state index in [9.17, 15) is 9.18 Å². The van der Waals surface area contributed by atoms with Gasteiger partial charge in [-0.2, -0.15) is 0 Å². The summed E-state index contributed by atoms with van der Waals surface area (Å²) < 4.78 is 15.1. The van der Waals surface area contributed by atoms with E-state index in [0.717, 1.165) is 30.6 Å². The summed E-state index contributed by atoms with van der Waals surface area (Å²) in [5, 5.41) is 0.705. The van der Waals surface area contributed by atoms with E-state index in [1.54, 1.807) is 10.6 Å². The van der Waals surface area contributed by atoms with E-state index in [1.807, 2.05) is 48.7 Å². The van der Waals surface area contributed by atoms with Gasteiger partial charge in [0, 0.05) is 43.5 Å². The molecule has 0 spiro atoms. The van der Waals surface area contributed by atoms with Crippen LogP contribution in [0.3, 0.4) is 0 Å². The van der Waals surface area contributed by atoms with E-state index in [2.05, 4.69) is 29.2 Å². The van der Waals surface area contributed by atoms with Crippen LogP contribution in [0.1, 0.15) is 28.7 Å². The summed E-state index contributed by atoms with van der Waals surface area (Å²) in [7, 11) is 0. The van der Waals surface area contributed by atoms with Crippen LogP contribution >= 0.6 is 11.6 Å². The fourth-order valence-corrected chi connectivity index (χ4v) is 3.95. The van der Waals surface area contributed by atoms with Crippen molar-refractivity contribution >= 4 is 23.8 Å². The lowest BCUT2D eigenvalue weighted by molar-refractivity contribution is 0.282. The van der Waals surface area contributed by atoms with Crippen molar-refractivity contribution in [2.75, 3.05) is 13.1 Å². The highest BCUT2D eigenvalue weighted by atomic mass is 35.5. The smallest absolute Gasteiger partial charge is 0.251 e. The summed E-state index contributed by atoms with van der Waals surface area (Å²) in [6, 6.07) is 19.6. The first-order chi connectivity index (χ1) is 15.0. The van der Waals surface area contributed by atoms with Crippen molar-refractivity contribution in [3.63, 3.8) is 0 Å². The first kappa shape index (κ1) is 21.5. The molecule has 3 nitrogen and oxygen atoms in total. The summed E-state index contributed by atoms with van der Waals surface area (Å²) in [4.78, 5) is 14.6. The predicted molar refractivity (Wildman–Crippen MR) is 126 cm³/mol. The topological polar surface area (TPSA) is 25.2 Å². The number of halogens is 2. The molecule has 2 heterocycles. The maximum absolute atomic E-state index is 13.3. The Balaban J connectivity index is 1.32. The molecule has 3 aromatic rings. The molecule has 1 aliphatic rings. The quantitative estimate of drug-likeness (QED) is 0.491. The molecule has 1 aliphatic heterocycles. The van der Waals surface area contributed by atoms with E-state index in [-0.39, 0.29) is 5.56 Å². The zero-order valence-corrected chi connectivity index (χ0v) is 18.1. The maximum atomic E-state index is 13.3. The Morgan fingerprint density at radius 2 is 1.68 bits per heavy atom. The number of aromatic nitrogens is 1. The Hall–Kier alpha value is -2.69. The number of alkyl halides is 1. The first-order valence-corrected chi connectivity index (χ1v) is 11.0. The van der Waals surface area contributed by atoms with Crippen LogP contribution in [0.5, 0.6) is 0 Å². The maximum Gasteiger partial charge on any atom is 0.251 e. The monoisotopic (exact) mass is 436 g/mol. The number of hydrogen-bond donors (Lipinski definition) is 0. The number of nitrogens with zero attached hydrogens (tertiary/aromatic N) is 2. The molecule has 1 saturated heterocycles. The van der Waals surface area contributed by atoms with Crippen molar-refractivity contribution in [2.24, 2.45) is 0 Å². The molecule has 0 saturated carbocycles. The van der Waals surface area contributed by atoms with Gasteiger partial charge in [-0.1, -0.05) is 60.2 Å². The Labute approximate surface area is 187 Å². The lowest BCUT2D eigenvalue weighted by Gasteiger charge is -2.14. The van der Waals surface area contributed by atoms with Gasteiger partial charge in [0.2, 0.25) is 0 Å². The lowest BCUT2D eigenvalue weighted by atomic mass is 10.1. The van der Waals surface area contributed by atoms with Gasteiger partial charge < -0.3 is 4.57 Å². The fraction of sp³-hybridized carbons (Fsp3) is 0.269. The number of pyridine rings is 1. The third-order valence-corrected chi connectivity index (χ3v) is 5.90. The van der Waals surface area contributed by atoms with Gasteiger partial charge >= 0.3 is 0 Å². The normalized spacial score (nSPS) is 16.9. The molecule has 0 unspecified atom stereocenters. The minimum atomic E-state index is -0.683. The second-order valence-electron chi connectivity index (χ2n) is 8.06. The molecule has 1 atom stereocenters. The van der Waals surface area contributed by atoms with Crippen LogP contribution in [0.15, 0.2) is 71.7 Å². The van der Waals surface area contributed by atoms with E-state index in [1.165, 1.54) is 11.1 Å². The molecule has 2 aromatic carbocycles. The third kappa shape index (κ3) is 6.16. The largest absolute Gasteiger partial charge is 0.315 e. The Morgan fingerprint density at radius 1 is 0.968 bits per heavy atom. The lowest BCUT2D eigenvalue weighted by Crippen LogP contribution is -2.20. The second-order valence-corrected chi connectivity index (χ2v) is 8.50. The highest BCUT2D eigenvalue weighted by Crippen LogP contribution is 2.16. The summed E-state index contributed by atoms with van der Waals surface area (Å²) in [6.45, 7) is 2.80. The van der Waals surface area contributed by atoms with Crippen LogP contribution in [0, 0.1) is 0 Å². The Morgan fingerprint density at radius 3 is 2.35 bits per heavy atom. The number of hydrogen-bond acceptors (Lipinski definition) is 2. The summed E-state index contributed by atoms with van der Waals surface area (Å²) >= 11 is 5.91. The molecule has 0 aliphatic carbocycles. The van der Waals surface area contributed by atoms with Gasteiger partial charge in [0.1, 0.15) is 6.17 Å². The van der Waals surface area contributed by atoms with Gasteiger partial charge in [-0.05, 0) is 53.3 Å². The zero-order valence-electron chi connectivity index (χ0n) is 17.4. The number of likely N-dealkylation sites (tertiary alicyclic amines) is 1. The van der Waals surface area contributed by atoms with Crippen LogP contribution < -0.4 is 5.56 Å². The minimum absolute atomic E-state index is 0.00955. The van der Waals surface area contributed by atoms with Crippen LogP contribution in [0.4, 0.5) is 4.39 Å². The number of aryl methyl sites for hydroxylation is 2. The molecular formula is C26H26ClFN2O. The average molecular weight is 437 g/mol. The summed E-state index contributed by atoms with van der Waals surface area (Å²) in [5.74, 6) is 0. The van der Waals surface area contributed by atoms with E-state index in [4.69, 9.17) is 11.6 Å². The van der Waals surface area contributed by atoms with Gasteiger partial charge in [-0.15, -0.1) is 0 Å². The first-order valence-electron chi connectivity index (χ1n) is 10.6. The van der Waals surface area contributed by atoms with Crippen LogP contribution in [0.2, 0.25) is 5.02 Å². The van der Waals surface area contributed by atoms with Crippen LogP contribution in [-0.2, 0) is 19.5 Å². The van der Waals surface area contributed by atoms with Crippen molar-refractivity contribution in [1.82, 2.24) is 9.47 Å². The van der Waals surface area contributed by atoms with Crippen LogP contribution in [-0.4, -0.2) is 28.7 Å². The Kier molecular flexibility index (Phi) is 7.00. The molecule has 4 rings (SSSR count). The summed E-state index contributed by atoms with van der Waals surface area (Å²) in [6.07, 6.45) is 6.49. The molecule has 1 fully saturated rings. The van der Waals surface area contributed by atoms with Gasteiger partial charge in [-0.3, -0.25) is 9.69 Å². The molecule has 0 N–H and O–H groups in total. The van der Waals surface area contributed by atoms with Gasteiger partial charge in [0.05, 0.1) is 0 Å². The number of benzene rings is 2. The molecule has 0 radical (unpaired) electrons. The van der Waals surface area contributed by atoms with Gasteiger partial charge in [0.25, 0.3) is 5.56 Å². The van der Waals surface area contributed by atoms with Gasteiger partial charge in [-0.25, -0.2) is 4.39 Å². The molecule has 160 valence electrons. The SMILES string of the molecule is O=c1cc(C=Cc2ccc(Cl)cc2)ccn1CCc1ccc(CN2CC[C@H](F)C2)cc1. The predicted octanol–water partition coefficient (Wildman–Crippen LogP) is 5.46. The third-order valence-electron chi connectivity index (χ3n) is 5.64. The molecule has 31 heavy (non-hydrogen) atoms. The highest BCUT2D eigenvalue weighted by molar-refractivity contribution is 6.30. The van der Waals surface area contributed by atoms with Crippen molar-refractivity contribution in [2.45, 2.75) is 32.1 Å². The van der Waals surface area contributed by atoms with Crippen molar-refractivity contribution in [3.05, 3.63) is 104 Å². The van der Waals surface area contributed by atoms with Crippen LogP contribution in [0.25, 0.3) is 12.2 Å². The fourth-order valence-electron chi connectivity index (χ4n) is 3.83. The van der Waals surface area contributed by atoms with E-state index < -0.39 is 6.17 Å². The molecular weight excluding hydrogens is 411 g/mol. The average Bonchev–Trinajstić information content (AvgIpc) is 3.18. The second kappa shape index (κ2) is 10.1. The standard InChI is InChI=1S/C26H26ClFN2O/c27-24-9-7-20(8-10-24)1-4-22-12-16-30(26(31)17-22)15-11-21-2-5-23(6-3-21)18-29-14-13-25(28)19-29/h1-10,12,16-17,25H,11,13-15,18-19H2/t25-/m0/s1. The van der Waals surface area contributed by atoms with Gasteiger partial charge in [0.15, 0.2) is 0 Å². The van der Waals surface area contributed by atoms with Crippen molar-refractivity contribution in [3.8, 4) is 0 Å². The van der Waals surface area contributed by atoms with E-state index in [0.29, 0.717) is 24.5 Å². The van der Waals surface area contributed by atoms with Crippen molar-refractivity contribution in [1.29, 1.82) is 0 Å². The van der Waals surface area contributed by atoms with E-state index >= 15 is 0 Å². The minimum Gasteiger partial charge on any atom is -0.315 e. The highest BCUT2D eigenvalue weighted by Gasteiger charge is 2.21. The summed E-state index contributed by atoms with van der Waals surface area (Å²) in [5.41, 5.74) is 4.29. The Bertz CT molecular complexity index is 1090. The zero-order chi connectivity index (χ0) is 21.6. The molecule has 0 bridgehead atoms. The number of rotatable bonds is 7. The molecule has 5 heteroatoms. The van der Waals surface area contributed by atoms with Crippen molar-refractivity contribution < 1.29 is 4.39 Å². The molecule has 0 amide bonds. The molecule has 1 aromatic heterocycles.